The van der Waals surface area contributed by atoms with Crippen LogP contribution in [0.5, 0.6) is 0 Å². The van der Waals surface area contributed by atoms with E-state index in [0.29, 0.717) is 15.3 Å². The quantitative estimate of drug-likeness (QED) is 0.591. The molecule has 0 unspecified atom stereocenters. The maximum atomic E-state index is 13.3. The molecule has 0 atom stereocenters. The van der Waals surface area contributed by atoms with E-state index in [1.165, 1.54) is 0 Å². The van der Waals surface area contributed by atoms with E-state index in [0.717, 1.165) is 12.1 Å². The molecule has 2 rings (SSSR count). The van der Waals surface area contributed by atoms with E-state index in [4.69, 9.17) is 0 Å². The molecule has 8 heteroatoms. The third kappa shape index (κ3) is 3.00. The minimum absolute atomic E-state index is 0.0992. The number of hydrogen-bond donors (Lipinski definition) is 1. The van der Waals surface area contributed by atoms with Gasteiger partial charge in [-0.15, -0.1) is 0 Å². The van der Waals surface area contributed by atoms with Crippen LogP contribution in [0.4, 0.5) is 17.6 Å². The Kier molecular flexibility index (Phi) is 3.85. The fourth-order valence-electron chi connectivity index (χ4n) is 1.60. The predicted octanol–water partition coefficient (Wildman–Crippen LogP) is 3.51. The number of alkyl halides is 3. The normalized spacial score (nSPS) is 11.7. The van der Waals surface area contributed by atoms with Gasteiger partial charge in [0, 0.05) is 5.56 Å². The second kappa shape index (κ2) is 5.15. The van der Waals surface area contributed by atoms with E-state index in [-0.39, 0.29) is 11.4 Å². The molecule has 0 bridgehead atoms. The summed E-state index contributed by atoms with van der Waals surface area (Å²) in [5.74, 6) is -1.15. The molecule has 0 saturated carbocycles. The van der Waals surface area contributed by atoms with E-state index in [9.17, 15) is 22.4 Å². The molecule has 0 saturated heterocycles. The number of halogens is 5. The topological polar surface area (TPSA) is 45.8 Å². The van der Waals surface area contributed by atoms with E-state index in [1.54, 1.807) is 29.5 Å². The smallest absolute Gasteiger partial charge is 0.306 e. The summed E-state index contributed by atoms with van der Waals surface area (Å²) >= 11 is 1.77. The molecule has 0 aliphatic rings. The lowest BCUT2D eigenvalue weighted by atomic mass is 10.1. The highest BCUT2D eigenvalue weighted by Gasteiger charge is 2.31. The first-order valence-electron chi connectivity index (χ1n) is 5.33. The van der Waals surface area contributed by atoms with E-state index < -0.39 is 23.1 Å². The van der Waals surface area contributed by atoms with Crippen molar-refractivity contribution in [2.45, 2.75) is 13.1 Å². The summed E-state index contributed by atoms with van der Waals surface area (Å²) in [5, 5.41) is 0. The van der Waals surface area contributed by atoms with Crippen LogP contribution >= 0.6 is 22.6 Å². The number of hydrogen-bond acceptors (Lipinski definition) is 2. The van der Waals surface area contributed by atoms with Gasteiger partial charge in [0.1, 0.15) is 11.6 Å². The van der Waals surface area contributed by atoms with Gasteiger partial charge in [0.2, 0.25) is 0 Å². The fraction of sp³-hybridized carbons (Fsp3) is 0.167. The molecule has 106 valence electrons. The first-order valence-corrected chi connectivity index (χ1v) is 6.41. The van der Waals surface area contributed by atoms with Crippen LogP contribution in [0, 0.1) is 16.3 Å². The number of rotatable bonds is 1. The summed E-state index contributed by atoms with van der Waals surface area (Å²) in [6, 6.07) is 2.02. The summed E-state index contributed by atoms with van der Waals surface area (Å²) in [7, 11) is 0. The van der Waals surface area contributed by atoms with Gasteiger partial charge in [-0.1, -0.05) is 0 Å². The maximum absolute atomic E-state index is 13.3. The predicted molar refractivity (Wildman–Crippen MR) is 72.7 cm³/mol. The summed E-state index contributed by atoms with van der Waals surface area (Å²) in [6.07, 6.45) is -4.67. The van der Waals surface area contributed by atoms with Crippen LogP contribution in [-0.2, 0) is 6.18 Å². The first-order chi connectivity index (χ1) is 9.18. The second-order valence-corrected chi connectivity index (χ2v) is 5.12. The molecule has 1 N–H and O–H groups in total. The molecule has 20 heavy (non-hydrogen) atoms. The van der Waals surface area contributed by atoms with Gasteiger partial charge in [0.05, 0.1) is 14.8 Å². The maximum Gasteiger partial charge on any atom is 0.416 e. The number of H-pyrrole nitrogens is 1. The number of benzene rings is 1. The van der Waals surface area contributed by atoms with Gasteiger partial charge in [-0.2, -0.15) is 13.2 Å². The minimum Gasteiger partial charge on any atom is -0.306 e. The van der Waals surface area contributed by atoms with Gasteiger partial charge in [-0.25, -0.2) is 9.37 Å². The Morgan fingerprint density at radius 2 is 1.90 bits per heavy atom. The molecule has 0 fully saturated rings. The monoisotopic (exact) mass is 398 g/mol. The summed E-state index contributed by atoms with van der Waals surface area (Å²) in [6.45, 7) is 1.55. The van der Waals surface area contributed by atoms with Crippen molar-refractivity contribution in [1.29, 1.82) is 0 Å². The van der Waals surface area contributed by atoms with Crippen LogP contribution in [0.1, 0.15) is 11.3 Å². The third-order valence-corrected chi connectivity index (χ3v) is 3.80. The largest absolute Gasteiger partial charge is 0.416 e. The minimum atomic E-state index is -4.67. The Labute approximate surface area is 124 Å². The number of aryl methyl sites for hydroxylation is 1. The van der Waals surface area contributed by atoms with Crippen molar-refractivity contribution < 1.29 is 17.6 Å². The number of nitrogens with zero attached hydrogens (tertiary/aromatic N) is 1. The zero-order chi connectivity index (χ0) is 15.1. The Morgan fingerprint density at radius 1 is 1.25 bits per heavy atom. The SMILES string of the molecule is Cc1nc(-c2cc(F)cc(C(F)(F)F)c2)[nH]c(=O)c1I. The average Bonchev–Trinajstić information content (AvgIpc) is 2.33. The summed E-state index contributed by atoms with van der Waals surface area (Å²) in [4.78, 5) is 17.9. The summed E-state index contributed by atoms with van der Waals surface area (Å²) in [5.41, 5.74) is -1.38. The standard InChI is InChI=1S/C12H7F4IN2O/c1-5-9(17)11(20)19-10(18-5)6-2-7(12(14,15)16)4-8(13)3-6/h2-4H,1H3,(H,18,19,20). The van der Waals surface area contributed by atoms with Crippen LogP contribution in [0.15, 0.2) is 23.0 Å². The highest BCUT2D eigenvalue weighted by atomic mass is 127. The van der Waals surface area contributed by atoms with Gasteiger partial charge >= 0.3 is 6.18 Å². The highest BCUT2D eigenvalue weighted by molar-refractivity contribution is 14.1. The molecule has 0 radical (unpaired) electrons. The van der Waals surface area contributed by atoms with Crippen LogP contribution in [0.3, 0.4) is 0 Å². The Bertz CT molecular complexity index is 724. The zero-order valence-corrected chi connectivity index (χ0v) is 12.1. The summed E-state index contributed by atoms with van der Waals surface area (Å²) < 4.78 is 51.5. The van der Waals surface area contributed by atoms with Gasteiger partial charge in [0.25, 0.3) is 5.56 Å². The molecule has 1 heterocycles. The Balaban J connectivity index is 2.65. The number of aromatic nitrogens is 2. The van der Waals surface area contributed by atoms with Gasteiger partial charge < -0.3 is 4.98 Å². The lowest BCUT2D eigenvalue weighted by molar-refractivity contribution is -0.137. The molecule has 1 aromatic heterocycles. The molecule has 0 spiro atoms. The highest BCUT2D eigenvalue weighted by Crippen LogP contribution is 2.32. The molecule has 2 aromatic rings. The molecule has 0 amide bonds. The van der Waals surface area contributed by atoms with Crippen LogP contribution in [-0.4, -0.2) is 9.97 Å². The molecular formula is C12H7F4IN2O. The van der Waals surface area contributed by atoms with Crippen molar-refractivity contribution in [2.75, 3.05) is 0 Å². The van der Waals surface area contributed by atoms with Crippen molar-refractivity contribution >= 4 is 22.6 Å². The Morgan fingerprint density at radius 3 is 2.45 bits per heavy atom. The first kappa shape index (κ1) is 14.9. The van der Waals surface area contributed by atoms with Crippen molar-refractivity contribution in [3.05, 3.63) is 49.2 Å². The van der Waals surface area contributed by atoms with Crippen molar-refractivity contribution in [2.24, 2.45) is 0 Å². The van der Waals surface area contributed by atoms with Crippen LogP contribution in [0.25, 0.3) is 11.4 Å². The number of aromatic amines is 1. The third-order valence-electron chi connectivity index (χ3n) is 2.53. The van der Waals surface area contributed by atoms with E-state index >= 15 is 0 Å². The van der Waals surface area contributed by atoms with Crippen molar-refractivity contribution in [3.8, 4) is 11.4 Å². The molecule has 0 aliphatic heterocycles. The van der Waals surface area contributed by atoms with Crippen LogP contribution < -0.4 is 5.56 Å². The molecule has 3 nitrogen and oxygen atoms in total. The van der Waals surface area contributed by atoms with E-state index in [2.05, 4.69) is 9.97 Å². The lowest BCUT2D eigenvalue weighted by Gasteiger charge is -2.09. The van der Waals surface area contributed by atoms with Gasteiger partial charge in [-0.05, 0) is 47.7 Å². The van der Waals surface area contributed by atoms with Crippen molar-refractivity contribution in [3.63, 3.8) is 0 Å². The van der Waals surface area contributed by atoms with Crippen LogP contribution in [0.2, 0.25) is 0 Å². The van der Waals surface area contributed by atoms with Gasteiger partial charge in [0.15, 0.2) is 0 Å². The average molecular weight is 398 g/mol. The van der Waals surface area contributed by atoms with Crippen molar-refractivity contribution in [1.82, 2.24) is 9.97 Å². The lowest BCUT2D eigenvalue weighted by Crippen LogP contribution is -2.15. The van der Waals surface area contributed by atoms with E-state index in [1.807, 2.05) is 0 Å². The molecular weight excluding hydrogens is 391 g/mol. The second-order valence-electron chi connectivity index (χ2n) is 4.04. The fourth-order valence-corrected chi connectivity index (χ4v) is 1.85. The number of nitrogens with one attached hydrogen (secondary N) is 1. The molecule has 1 aromatic carbocycles. The Hall–Kier alpha value is -1.45. The van der Waals surface area contributed by atoms with Gasteiger partial charge in [-0.3, -0.25) is 4.79 Å². The molecule has 0 aliphatic carbocycles. The zero-order valence-electron chi connectivity index (χ0n) is 9.98.